The summed E-state index contributed by atoms with van der Waals surface area (Å²) in [6.45, 7) is 3.22. The molecule has 0 saturated heterocycles. The number of nitrogens with zero attached hydrogens (tertiary/aromatic N) is 2. The Bertz CT molecular complexity index is 584. The van der Waals surface area contributed by atoms with Crippen LogP contribution in [-0.2, 0) is 7.05 Å². The minimum atomic E-state index is 0.196. The van der Waals surface area contributed by atoms with E-state index in [1.54, 1.807) is 0 Å². The molecule has 1 unspecified atom stereocenters. The van der Waals surface area contributed by atoms with Crippen molar-refractivity contribution in [1.29, 1.82) is 0 Å². The summed E-state index contributed by atoms with van der Waals surface area (Å²) in [5, 5.41) is 3.69. The summed E-state index contributed by atoms with van der Waals surface area (Å²) in [6.07, 6.45) is 9.08. The Morgan fingerprint density at radius 3 is 2.76 bits per heavy atom. The molecule has 112 valence electrons. The van der Waals surface area contributed by atoms with Crippen molar-refractivity contribution >= 4 is 0 Å². The Morgan fingerprint density at radius 1 is 1.33 bits per heavy atom. The predicted octanol–water partition coefficient (Wildman–Crippen LogP) is 3.78. The van der Waals surface area contributed by atoms with E-state index < -0.39 is 0 Å². The second-order valence-electron chi connectivity index (χ2n) is 6.04. The minimum Gasteiger partial charge on any atom is -0.336 e. The number of nitrogens with one attached hydrogen (secondary N) is 1. The van der Waals surface area contributed by atoms with Gasteiger partial charge >= 0.3 is 0 Å². The molecule has 0 spiro atoms. The van der Waals surface area contributed by atoms with Gasteiger partial charge in [0.25, 0.3) is 0 Å². The molecule has 2 aromatic rings. The summed E-state index contributed by atoms with van der Waals surface area (Å²) < 4.78 is 2.13. The highest BCUT2D eigenvalue weighted by Crippen LogP contribution is 2.40. The van der Waals surface area contributed by atoms with Crippen molar-refractivity contribution in [1.82, 2.24) is 14.9 Å². The number of imidazole rings is 1. The molecule has 1 saturated carbocycles. The van der Waals surface area contributed by atoms with Gasteiger partial charge in [-0.2, -0.15) is 0 Å². The maximum atomic E-state index is 4.59. The largest absolute Gasteiger partial charge is 0.336 e. The van der Waals surface area contributed by atoms with Crippen molar-refractivity contribution in [3.8, 4) is 0 Å². The van der Waals surface area contributed by atoms with E-state index in [1.165, 1.54) is 30.4 Å². The molecule has 0 bridgehead atoms. The lowest BCUT2D eigenvalue weighted by atomic mass is 9.77. The first-order chi connectivity index (χ1) is 10.3. The van der Waals surface area contributed by atoms with Crippen molar-refractivity contribution < 1.29 is 0 Å². The molecule has 1 aliphatic rings. The molecule has 0 amide bonds. The van der Waals surface area contributed by atoms with Crippen molar-refractivity contribution in [3.63, 3.8) is 0 Å². The van der Waals surface area contributed by atoms with Crippen LogP contribution in [0.15, 0.2) is 36.7 Å². The Morgan fingerprint density at radius 2 is 2.14 bits per heavy atom. The molecule has 1 aromatic heterocycles. The molecule has 1 aromatic carbocycles. The summed E-state index contributed by atoms with van der Waals surface area (Å²) in [4.78, 5) is 4.59. The Kier molecular flexibility index (Phi) is 4.39. The first-order valence-electron chi connectivity index (χ1n) is 8.10. The summed E-state index contributed by atoms with van der Waals surface area (Å²) >= 11 is 0. The Balaban J connectivity index is 1.98. The lowest BCUT2D eigenvalue weighted by Gasteiger charge is -2.30. The van der Waals surface area contributed by atoms with Gasteiger partial charge in [0.05, 0.1) is 6.04 Å². The summed E-state index contributed by atoms with van der Waals surface area (Å²) in [5.41, 5.74) is 2.92. The Labute approximate surface area is 127 Å². The maximum absolute atomic E-state index is 4.59. The van der Waals surface area contributed by atoms with E-state index in [1.807, 2.05) is 12.4 Å². The van der Waals surface area contributed by atoms with Gasteiger partial charge in [-0.3, -0.25) is 0 Å². The predicted molar refractivity (Wildman–Crippen MR) is 86.4 cm³/mol. The average molecular weight is 283 g/mol. The number of benzene rings is 1. The molecule has 1 heterocycles. The van der Waals surface area contributed by atoms with Gasteiger partial charge in [-0.05, 0) is 42.9 Å². The normalized spacial score (nSPS) is 16.7. The number of hydrogen-bond acceptors (Lipinski definition) is 2. The van der Waals surface area contributed by atoms with E-state index >= 15 is 0 Å². The summed E-state index contributed by atoms with van der Waals surface area (Å²) in [5.74, 6) is 1.85. The lowest BCUT2D eigenvalue weighted by Crippen LogP contribution is -2.27. The van der Waals surface area contributed by atoms with E-state index in [0.717, 1.165) is 24.7 Å². The fraction of sp³-hybridized carbons (Fsp3) is 0.500. The van der Waals surface area contributed by atoms with E-state index in [9.17, 15) is 0 Å². The zero-order valence-electron chi connectivity index (χ0n) is 13.0. The first-order valence-corrected chi connectivity index (χ1v) is 8.10. The standard InChI is InChI=1S/C18H25N3/c1-3-11-19-17(18-20-12-13-21(18)2)16-10-5-4-9-15(16)14-7-6-8-14/h4-5,9-10,12-14,17,19H,3,6-8,11H2,1-2H3. The molecular weight excluding hydrogens is 258 g/mol. The van der Waals surface area contributed by atoms with Crippen LogP contribution in [0.5, 0.6) is 0 Å². The van der Waals surface area contributed by atoms with Gasteiger partial charge < -0.3 is 9.88 Å². The van der Waals surface area contributed by atoms with Crippen LogP contribution in [-0.4, -0.2) is 16.1 Å². The zero-order chi connectivity index (χ0) is 14.7. The molecule has 0 radical (unpaired) electrons. The summed E-state index contributed by atoms with van der Waals surface area (Å²) in [7, 11) is 2.08. The van der Waals surface area contributed by atoms with Gasteiger partial charge in [0.2, 0.25) is 0 Å². The van der Waals surface area contributed by atoms with Crippen LogP contribution in [0.25, 0.3) is 0 Å². The third-order valence-corrected chi connectivity index (χ3v) is 4.57. The third kappa shape index (κ3) is 2.88. The number of aryl methyl sites for hydroxylation is 1. The first kappa shape index (κ1) is 14.3. The van der Waals surface area contributed by atoms with Crippen molar-refractivity contribution in [3.05, 3.63) is 53.6 Å². The van der Waals surface area contributed by atoms with Gasteiger partial charge in [-0.15, -0.1) is 0 Å². The highest BCUT2D eigenvalue weighted by atomic mass is 15.1. The molecule has 1 fully saturated rings. The number of rotatable bonds is 6. The molecular formula is C18H25N3. The van der Waals surface area contributed by atoms with E-state index in [2.05, 4.69) is 53.1 Å². The number of aromatic nitrogens is 2. The maximum Gasteiger partial charge on any atom is 0.130 e. The summed E-state index contributed by atoms with van der Waals surface area (Å²) in [6, 6.07) is 9.10. The van der Waals surface area contributed by atoms with E-state index in [-0.39, 0.29) is 6.04 Å². The van der Waals surface area contributed by atoms with Crippen LogP contribution >= 0.6 is 0 Å². The van der Waals surface area contributed by atoms with E-state index in [4.69, 9.17) is 0 Å². The van der Waals surface area contributed by atoms with Crippen LogP contribution in [0, 0.1) is 0 Å². The molecule has 1 atom stereocenters. The van der Waals surface area contributed by atoms with Gasteiger partial charge in [0, 0.05) is 19.4 Å². The van der Waals surface area contributed by atoms with Crippen LogP contribution < -0.4 is 5.32 Å². The van der Waals surface area contributed by atoms with Gasteiger partial charge in [-0.25, -0.2) is 4.98 Å². The average Bonchev–Trinajstić information content (AvgIpc) is 2.85. The molecule has 1 N–H and O–H groups in total. The molecule has 21 heavy (non-hydrogen) atoms. The second kappa shape index (κ2) is 6.44. The number of hydrogen-bond donors (Lipinski definition) is 1. The molecule has 3 nitrogen and oxygen atoms in total. The monoisotopic (exact) mass is 283 g/mol. The SMILES string of the molecule is CCCNC(c1ccccc1C1CCC1)c1nccn1C. The van der Waals surface area contributed by atoms with Crippen molar-refractivity contribution in [2.24, 2.45) is 7.05 Å². The molecule has 0 aliphatic heterocycles. The zero-order valence-corrected chi connectivity index (χ0v) is 13.0. The van der Waals surface area contributed by atoms with Crippen LogP contribution in [0.1, 0.15) is 61.5 Å². The molecule has 1 aliphatic carbocycles. The van der Waals surface area contributed by atoms with Gasteiger partial charge in [-0.1, -0.05) is 37.6 Å². The van der Waals surface area contributed by atoms with Crippen LogP contribution in [0.4, 0.5) is 0 Å². The van der Waals surface area contributed by atoms with E-state index in [0.29, 0.717) is 0 Å². The van der Waals surface area contributed by atoms with Gasteiger partial charge in [0.1, 0.15) is 5.82 Å². The molecule has 3 heteroatoms. The van der Waals surface area contributed by atoms with Crippen molar-refractivity contribution in [2.75, 3.05) is 6.54 Å². The fourth-order valence-electron chi connectivity index (χ4n) is 3.15. The quantitative estimate of drug-likeness (QED) is 0.874. The van der Waals surface area contributed by atoms with Crippen molar-refractivity contribution in [2.45, 2.75) is 44.6 Å². The highest BCUT2D eigenvalue weighted by Gasteiger charge is 2.26. The highest BCUT2D eigenvalue weighted by molar-refractivity contribution is 5.37. The van der Waals surface area contributed by atoms with Gasteiger partial charge in [0.15, 0.2) is 0 Å². The minimum absolute atomic E-state index is 0.196. The van der Waals surface area contributed by atoms with Crippen LogP contribution in [0.2, 0.25) is 0 Å². The molecule has 3 rings (SSSR count). The Hall–Kier alpha value is -1.61. The lowest BCUT2D eigenvalue weighted by molar-refractivity contribution is 0.413. The smallest absolute Gasteiger partial charge is 0.130 e. The second-order valence-corrected chi connectivity index (χ2v) is 6.04. The fourth-order valence-corrected chi connectivity index (χ4v) is 3.15. The van der Waals surface area contributed by atoms with Crippen LogP contribution in [0.3, 0.4) is 0 Å². The topological polar surface area (TPSA) is 29.9 Å². The third-order valence-electron chi connectivity index (χ3n) is 4.57.